The maximum atomic E-state index is 11.2. The van der Waals surface area contributed by atoms with E-state index in [1.165, 1.54) is 0 Å². The molecule has 0 aromatic carbocycles. The van der Waals surface area contributed by atoms with E-state index < -0.39 is 0 Å². The molecule has 84 valence electrons. The minimum absolute atomic E-state index is 0.0395. The largest absolute Gasteiger partial charge is 0.330 e. The first-order chi connectivity index (χ1) is 6.74. The summed E-state index contributed by atoms with van der Waals surface area (Å²) in [5.41, 5.74) is 7.85. The monoisotopic (exact) mass is 202 g/mol. The number of amides is 1. The summed E-state index contributed by atoms with van der Waals surface area (Å²) in [7, 11) is 0. The van der Waals surface area contributed by atoms with Gasteiger partial charge in [-0.05, 0) is 32.2 Å². The molecular weight excluding hydrogens is 180 g/mol. The fraction of sp³-hybridized carbons (Fsp3) is 0.900. The summed E-state index contributed by atoms with van der Waals surface area (Å²) in [6.45, 7) is 5.17. The van der Waals surface area contributed by atoms with Crippen LogP contribution in [0, 0.1) is 5.92 Å². The van der Waals surface area contributed by atoms with E-state index in [4.69, 9.17) is 10.6 Å². The van der Waals surface area contributed by atoms with Gasteiger partial charge >= 0.3 is 0 Å². The Kier molecular flexibility index (Phi) is 8.57. The van der Waals surface area contributed by atoms with Crippen molar-refractivity contribution < 1.29 is 9.63 Å². The Morgan fingerprint density at radius 2 is 2.14 bits per heavy atom. The lowest BCUT2D eigenvalue weighted by Gasteiger charge is -2.12. The SMILES string of the molecule is CCONC(=O)CCC(CC)CCN. The molecule has 1 amide bonds. The third kappa shape index (κ3) is 6.86. The molecule has 14 heavy (non-hydrogen) atoms. The first-order valence-electron chi connectivity index (χ1n) is 5.35. The van der Waals surface area contributed by atoms with E-state index in [2.05, 4.69) is 12.4 Å². The highest BCUT2D eigenvalue weighted by atomic mass is 16.6. The molecule has 0 aliphatic rings. The Morgan fingerprint density at radius 3 is 2.64 bits per heavy atom. The van der Waals surface area contributed by atoms with Crippen LogP contribution in [0.1, 0.15) is 39.5 Å². The predicted octanol–water partition coefficient (Wildman–Crippen LogP) is 1.21. The van der Waals surface area contributed by atoms with Crippen LogP contribution in [0.25, 0.3) is 0 Å². The highest BCUT2D eigenvalue weighted by molar-refractivity contribution is 5.74. The number of carbonyl (C=O) groups is 1. The second kappa shape index (κ2) is 8.97. The highest BCUT2D eigenvalue weighted by Gasteiger charge is 2.08. The van der Waals surface area contributed by atoms with Gasteiger partial charge in [0.05, 0.1) is 6.61 Å². The van der Waals surface area contributed by atoms with Crippen LogP contribution in [-0.2, 0) is 9.63 Å². The summed E-state index contributed by atoms with van der Waals surface area (Å²) in [5.74, 6) is 0.523. The van der Waals surface area contributed by atoms with E-state index in [9.17, 15) is 4.79 Å². The number of rotatable bonds is 8. The zero-order chi connectivity index (χ0) is 10.8. The zero-order valence-electron chi connectivity index (χ0n) is 9.21. The Bertz CT molecular complexity index is 151. The number of carbonyl (C=O) groups excluding carboxylic acids is 1. The van der Waals surface area contributed by atoms with Crippen molar-refractivity contribution >= 4 is 5.91 Å². The van der Waals surface area contributed by atoms with Crippen LogP contribution >= 0.6 is 0 Å². The fourth-order valence-electron chi connectivity index (χ4n) is 1.33. The van der Waals surface area contributed by atoms with Crippen molar-refractivity contribution in [1.82, 2.24) is 5.48 Å². The number of hydroxylamine groups is 1. The van der Waals surface area contributed by atoms with Gasteiger partial charge in [-0.1, -0.05) is 13.3 Å². The Morgan fingerprint density at radius 1 is 1.43 bits per heavy atom. The normalized spacial score (nSPS) is 12.5. The third-order valence-corrected chi connectivity index (χ3v) is 2.26. The van der Waals surface area contributed by atoms with Crippen LogP contribution in [0.15, 0.2) is 0 Å². The van der Waals surface area contributed by atoms with Gasteiger partial charge in [-0.2, -0.15) is 0 Å². The molecule has 0 spiro atoms. The van der Waals surface area contributed by atoms with Gasteiger partial charge in [0.2, 0.25) is 5.91 Å². The minimum Gasteiger partial charge on any atom is -0.330 e. The topological polar surface area (TPSA) is 64.3 Å². The molecule has 0 saturated carbocycles. The van der Waals surface area contributed by atoms with Crippen LogP contribution in [0.2, 0.25) is 0 Å². The lowest BCUT2D eigenvalue weighted by molar-refractivity contribution is -0.133. The van der Waals surface area contributed by atoms with Gasteiger partial charge in [-0.15, -0.1) is 0 Å². The van der Waals surface area contributed by atoms with Crippen molar-refractivity contribution in [3.8, 4) is 0 Å². The average Bonchev–Trinajstić information content (AvgIpc) is 2.21. The molecule has 4 heteroatoms. The fourth-order valence-corrected chi connectivity index (χ4v) is 1.33. The molecule has 4 nitrogen and oxygen atoms in total. The highest BCUT2D eigenvalue weighted by Crippen LogP contribution is 2.13. The summed E-state index contributed by atoms with van der Waals surface area (Å²) in [6, 6.07) is 0. The summed E-state index contributed by atoms with van der Waals surface area (Å²) in [5, 5.41) is 0. The van der Waals surface area contributed by atoms with Gasteiger partial charge < -0.3 is 5.73 Å². The van der Waals surface area contributed by atoms with E-state index >= 15 is 0 Å². The molecule has 0 saturated heterocycles. The average molecular weight is 202 g/mol. The Hall–Kier alpha value is -0.610. The van der Waals surface area contributed by atoms with E-state index in [-0.39, 0.29) is 5.91 Å². The summed E-state index contributed by atoms with van der Waals surface area (Å²) >= 11 is 0. The maximum absolute atomic E-state index is 11.2. The molecule has 0 heterocycles. The quantitative estimate of drug-likeness (QED) is 0.581. The van der Waals surface area contributed by atoms with E-state index in [1.54, 1.807) is 0 Å². The van der Waals surface area contributed by atoms with Gasteiger partial charge in [0.25, 0.3) is 0 Å². The lowest BCUT2D eigenvalue weighted by atomic mass is 9.97. The van der Waals surface area contributed by atoms with Crippen molar-refractivity contribution in [3.63, 3.8) is 0 Å². The number of hydrogen-bond donors (Lipinski definition) is 2. The molecule has 3 N–H and O–H groups in total. The van der Waals surface area contributed by atoms with Crippen molar-refractivity contribution in [3.05, 3.63) is 0 Å². The first-order valence-corrected chi connectivity index (χ1v) is 5.35. The molecular formula is C10H22N2O2. The van der Waals surface area contributed by atoms with Gasteiger partial charge in [-0.3, -0.25) is 9.63 Å². The van der Waals surface area contributed by atoms with Crippen molar-refractivity contribution in [2.45, 2.75) is 39.5 Å². The van der Waals surface area contributed by atoms with Crippen LogP contribution < -0.4 is 11.2 Å². The third-order valence-electron chi connectivity index (χ3n) is 2.26. The first kappa shape index (κ1) is 13.4. The van der Waals surface area contributed by atoms with Crippen LogP contribution in [0.3, 0.4) is 0 Å². The summed E-state index contributed by atoms with van der Waals surface area (Å²) in [4.78, 5) is 16.0. The molecule has 0 rings (SSSR count). The summed E-state index contributed by atoms with van der Waals surface area (Å²) < 4.78 is 0. The Labute approximate surface area is 86.1 Å². The maximum Gasteiger partial charge on any atom is 0.243 e. The molecule has 0 aliphatic heterocycles. The van der Waals surface area contributed by atoms with E-state index in [0.29, 0.717) is 25.5 Å². The van der Waals surface area contributed by atoms with Gasteiger partial charge in [0, 0.05) is 6.42 Å². The second-order valence-electron chi connectivity index (χ2n) is 3.35. The molecule has 0 aliphatic carbocycles. The smallest absolute Gasteiger partial charge is 0.243 e. The van der Waals surface area contributed by atoms with Gasteiger partial charge in [-0.25, -0.2) is 5.48 Å². The minimum atomic E-state index is -0.0395. The Balaban J connectivity index is 3.52. The summed E-state index contributed by atoms with van der Waals surface area (Å²) in [6.07, 6.45) is 3.50. The van der Waals surface area contributed by atoms with Gasteiger partial charge in [0.1, 0.15) is 0 Å². The van der Waals surface area contributed by atoms with Crippen LogP contribution in [0.5, 0.6) is 0 Å². The lowest BCUT2D eigenvalue weighted by Crippen LogP contribution is -2.24. The molecule has 0 bridgehead atoms. The molecule has 0 fully saturated rings. The molecule has 0 radical (unpaired) electrons. The number of nitrogens with two attached hydrogens (primary N) is 1. The standard InChI is InChI=1S/C10H22N2O2/c1-3-9(7-8-11)5-6-10(13)12-14-4-2/h9H,3-8,11H2,1-2H3,(H,12,13). The molecule has 0 aromatic rings. The number of hydrogen-bond acceptors (Lipinski definition) is 3. The van der Waals surface area contributed by atoms with Crippen molar-refractivity contribution in [2.75, 3.05) is 13.2 Å². The van der Waals surface area contributed by atoms with Gasteiger partial charge in [0.15, 0.2) is 0 Å². The molecule has 1 unspecified atom stereocenters. The zero-order valence-corrected chi connectivity index (χ0v) is 9.21. The van der Waals surface area contributed by atoms with E-state index in [1.807, 2.05) is 6.92 Å². The van der Waals surface area contributed by atoms with Crippen molar-refractivity contribution in [1.29, 1.82) is 0 Å². The van der Waals surface area contributed by atoms with Crippen molar-refractivity contribution in [2.24, 2.45) is 11.7 Å². The van der Waals surface area contributed by atoms with E-state index in [0.717, 1.165) is 19.3 Å². The second-order valence-corrected chi connectivity index (χ2v) is 3.35. The van der Waals surface area contributed by atoms with Crippen LogP contribution in [-0.4, -0.2) is 19.1 Å². The molecule has 0 aromatic heterocycles. The molecule has 1 atom stereocenters. The van der Waals surface area contributed by atoms with Crippen LogP contribution in [0.4, 0.5) is 0 Å². The number of nitrogens with one attached hydrogen (secondary N) is 1. The predicted molar refractivity (Wildman–Crippen MR) is 56.5 cm³/mol.